The Labute approximate surface area is 95.5 Å². The number of aromatic nitrogens is 1. The normalized spacial score (nSPS) is 15.4. The summed E-state index contributed by atoms with van der Waals surface area (Å²) in [5, 5.41) is 6.03. The van der Waals surface area contributed by atoms with Crippen LogP contribution in [0.5, 0.6) is 0 Å². The van der Waals surface area contributed by atoms with Crippen LogP contribution in [-0.4, -0.2) is 24.0 Å². The van der Waals surface area contributed by atoms with E-state index in [1.165, 1.54) is 6.42 Å². The summed E-state index contributed by atoms with van der Waals surface area (Å²) in [4.78, 5) is 16.1. The van der Waals surface area contributed by atoms with Crippen molar-refractivity contribution in [3.8, 4) is 0 Å². The minimum Gasteiger partial charge on any atom is -0.387 e. The fraction of sp³-hybridized carbons (Fsp3) is 0.500. The van der Waals surface area contributed by atoms with Gasteiger partial charge in [-0.25, -0.2) is 0 Å². The zero-order valence-corrected chi connectivity index (χ0v) is 9.71. The molecule has 0 unspecified atom stereocenters. The van der Waals surface area contributed by atoms with Crippen molar-refractivity contribution in [2.24, 2.45) is 0 Å². The summed E-state index contributed by atoms with van der Waals surface area (Å²) >= 11 is 0. The van der Waals surface area contributed by atoms with Crippen LogP contribution in [-0.2, 0) is 0 Å². The molecule has 0 atom stereocenters. The lowest BCUT2D eigenvalue weighted by Crippen LogP contribution is -2.39. The SMILES string of the molecule is CNc1cc(C)ncc1C(=O)NC1CCC1. The van der Waals surface area contributed by atoms with Gasteiger partial charge in [-0.1, -0.05) is 0 Å². The van der Waals surface area contributed by atoms with Crippen LogP contribution in [0.3, 0.4) is 0 Å². The highest BCUT2D eigenvalue weighted by atomic mass is 16.1. The van der Waals surface area contributed by atoms with E-state index in [9.17, 15) is 4.79 Å². The zero-order chi connectivity index (χ0) is 11.5. The van der Waals surface area contributed by atoms with E-state index in [-0.39, 0.29) is 5.91 Å². The van der Waals surface area contributed by atoms with Gasteiger partial charge in [0.1, 0.15) is 0 Å². The number of hydrogen-bond acceptors (Lipinski definition) is 3. The van der Waals surface area contributed by atoms with Crippen LogP contribution in [0.15, 0.2) is 12.3 Å². The maximum atomic E-state index is 11.9. The molecule has 1 aromatic heterocycles. The minimum atomic E-state index is -0.0263. The molecule has 1 fully saturated rings. The molecule has 4 heteroatoms. The molecular weight excluding hydrogens is 202 g/mol. The van der Waals surface area contributed by atoms with Gasteiger partial charge in [-0.3, -0.25) is 9.78 Å². The second-order valence-corrected chi connectivity index (χ2v) is 4.22. The Hall–Kier alpha value is -1.58. The average Bonchev–Trinajstić information content (AvgIpc) is 2.23. The summed E-state index contributed by atoms with van der Waals surface area (Å²) in [6, 6.07) is 2.24. The van der Waals surface area contributed by atoms with E-state index >= 15 is 0 Å². The van der Waals surface area contributed by atoms with Crippen molar-refractivity contribution in [1.29, 1.82) is 0 Å². The largest absolute Gasteiger partial charge is 0.387 e. The third-order valence-corrected chi connectivity index (χ3v) is 3.00. The number of aryl methyl sites for hydroxylation is 1. The Morgan fingerprint density at radius 3 is 2.81 bits per heavy atom. The average molecular weight is 219 g/mol. The van der Waals surface area contributed by atoms with Crippen LogP contribution in [0.25, 0.3) is 0 Å². The van der Waals surface area contributed by atoms with Crippen LogP contribution in [0.2, 0.25) is 0 Å². The fourth-order valence-electron chi connectivity index (χ4n) is 1.76. The molecule has 16 heavy (non-hydrogen) atoms. The van der Waals surface area contributed by atoms with Crippen molar-refractivity contribution in [3.63, 3.8) is 0 Å². The van der Waals surface area contributed by atoms with Crippen LogP contribution in [0, 0.1) is 6.92 Å². The van der Waals surface area contributed by atoms with Gasteiger partial charge in [-0.15, -0.1) is 0 Å². The lowest BCUT2D eigenvalue weighted by atomic mass is 9.93. The van der Waals surface area contributed by atoms with E-state index in [4.69, 9.17) is 0 Å². The lowest BCUT2D eigenvalue weighted by Gasteiger charge is -2.26. The van der Waals surface area contributed by atoms with E-state index < -0.39 is 0 Å². The first-order valence-corrected chi connectivity index (χ1v) is 5.66. The van der Waals surface area contributed by atoms with E-state index in [2.05, 4.69) is 15.6 Å². The fourth-order valence-corrected chi connectivity index (χ4v) is 1.76. The van der Waals surface area contributed by atoms with Crippen molar-refractivity contribution in [2.75, 3.05) is 12.4 Å². The van der Waals surface area contributed by atoms with Gasteiger partial charge < -0.3 is 10.6 Å². The van der Waals surface area contributed by atoms with Gasteiger partial charge in [-0.05, 0) is 32.3 Å². The number of hydrogen-bond donors (Lipinski definition) is 2. The molecule has 1 aromatic rings. The maximum Gasteiger partial charge on any atom is 0.255 e. The molecule has 0 saturated heterocycles. The van der Waals surface area contributed by atoms with Crippen molar-refractivity contribution >= 4 is 11.6 Å². The Morgan fingerprint density at radius 1 is 1.50 bits per heavy atom. The summed E-state index contributed by atoms with van der Waals surface area (Å²) in [7, 11) is 1.81. The Kier molecular flexibility index (Phi) is 3.08. The molecule has 0 spiro atoms. The van der Waals surface area contributed by atoms with Crippen molar-refractivity contribution in [1.82, 2.24) is 10.3 Å². The number of nitrogens with one attached hydrogen (secondary N) is 2. The molecule has 1 saturated carbocycles. The van der Waals surface area contributed by atoms with Crippen molar-refractivity contribution < 1.29 is 4.79 Å². The third-order valence-electron chi connectivity index (χ3n) is 3.00. The van der Waals surface area contributed by atoms with Gasteiger partial charge in [0.25, 0.3) is 5.91 Å². The first-order valence-electron chi connectivity index (χ1n) is 5.66. The van der Waals surface area contributed by atoms with E-state index in [1.54, 1.807) is 6.20 Å². The zero-order valence-electron chi connectivity index (χ0n) is 9.71. The summed E-state index contributed by atoms with van der Waals surface area (Å²) in [5.74, 6) is -0.0263. The molecule has 0 radical (unpaired) electrons. The first kappa shape index (κ1) is 10.9. The highest BCUT2D eigenvalue weighted by Crippen LogP contribution is 2.20. The van der Waals surface area contributed by atoms with Crippen LogP contribution < -0.4 is 10.6 Å². The van der Waals surface area contributed by atoms with Gasteiger partial charge >= 0.3 is 0 Å². The number of nitrogens with zero attached hydrogens (tertiary/aromatic N) is 1. The molecule has 0 aromatic carbocycles. The molecule has 1 amide bonds. The minimum absolute atomic E-state index is 0.0263. The van der Waals surface area contributed by atoms with Gasteiger partial charge in [0.05, 0.1) is 11.3 Å². The third kappa shape index (κ3) is 2.15. The van der Waals surface area contributed by atoms with Gasteiger partial charge in [0.15, 0.2) is 0 Å². The molecule has 4 nitrogen and oxygen atoms in total. The molecule has 0 aliphatic heterocycles. The second kappa shape index (κ2) is 4.51. The Bertz CT molecular complexity index is 399. The smallest absolute Gasteiger partial charge is 0.255 e. The predicted molar refractivity (Wildman–Crippen MR) is 63.6 cm³/mol. The van der Waals surface area contributed by atoms with Gasteiger partial charge in [0, 0.05) is 25.0 Å². The van der Waals surface area contributed by atoms with Gasteiger partial charge in [-0.2, -0.15) is 0 Å². The van der Waals surface area contributed by atoms with Crippen molar-refractivity contribution in [2.45, 2.75) is 32.2 Å². The van der Waals surface area contributed by atoms with Crippen LogP contribution in [0.1, 0.15) is 35.3 Å². The molecule has 2 N–H and O–H groups in total. The summed E-state index contributed by atoms with van der Waals surface area (Å²) in [6.07, 6.45) is 5.05. The van der Waals surface area contributed by atoms with E-state index in [0.717, 1.165) is 24.2 Å². The number of rotatable bonds is 3. The number of pyridine rings is 1. The molecular formula is C12H17N3O. The molecule has 1 aliphatic carbocycles. The highest BCUT2D eigenvalue weighted by molar-refractivity contribution is 5.99. The Morgan fingerprint density at radius 2 is 2.25 bits per heavy atom. The molecule has 1 aliphatic rings. The number of carbonyl (C=O) groups excluding carboxylic acids is 1. The standard InChI is InChI=1S/C12H17N3O/c1-8-6-11(13-2)10(7-14-8)12(16)15-9-4-3-5-9/h6-7,9H,3-5H2,1-2H3,(H,13,14)(H,15,16). The van der Waals surface area contributed by atoms with Crippen LogP contribution in [0.4, 0.5) is 5.69 Å². The quantitative estimate of drug-likeness (QED) is 0.813. The number of carbonyl (C=O) groups is 1. The number of amides is 1. The molecule has 86 valence electrons. The maximum absolute atomic E-state index is 11.9. The molecule has 1 heterocycles. The van der Waals surface area contributed by atoms with Crippen molar-refractivity contribution in [3.05, 3.63) is 23.5 Å². The monoisotopic (exact) mass is 219 g/mol. The van der Waals surface area contributed by atoms with E-state index in [1.807, 2.05) is 20.0 Å². The topological polar surface area (TPSA) is 54.0 Å². The van der Waals surface area contributed by atoms with E-state index in [0.29, 0.717) is 11.6 Å². The first-order chi connectivity index (χ1) is 7.70. The second-order valence-electron chi connectivity index (χ2n) is 4.22. The summed E-state index contributed by atoms with van der Waals surface area (Å²) in [6.45, 7) is 1.91. The number of anilines is 1. The summed E-state index contributed by atoms with van der Waals surface area (Å²) in [5.41, 5.74) is 2.37. The molecule has 2 rings (SSSR count). The lowest BCUT2D eigenvalue weighted by molar-refractivity contribution is 0.0917. The summed E-state index contributed by atoms with van der Waals surface area (Å²) < 4.78 is 0. The predicted octanol–water partition coefficient (Wildman–Crippen LogP) is 1.71. The Balaban J connectivity index is 2.14. The van der Waals surface area contributed by atoms with Crippen LogP contribution >= 0.6 is 0 Å². The molecule has 0 bridgehead atoms. The highest BCUT2D eigenvalue weighted by Gasteiger charge is 2.21. The van der Waals surface area contributed by atoms with Gasteiger partial charge in [0.2, 0.25) is 0 Å².